The van der Waals surface area contributed by atoms with Crippen LogP contribution in [0.15, 0.2) is 34.9 Å². The smallest absolute Gasteiger partial charge is 0.279 e. The molecule has 0 saturated heterocycles. The van der Waals surface area contributed by atoms with Gasteiger partial charge in [-0.3, -0.25) is 4.79 Å². The van der Waals surface area contributed by atoms with Crippen molar-refractivity contribution in [3.05, 3.63) is 47.5 Å². The van der Waals surface area contributed by atoms with Crippen LogP contribution in [0.5, 0.6) is 5.75 Å². The summed E-state index contributed by atoms with van der Waals surface area (Å²) in [5, 5.41) is 14.4. The van der Waals surface area contributed by atoms with Crippen molar-refractivity contribution >= 4 is 11.7 Å². The summed E-state index contributed by atoms with van der Waals surface area (Å²) in [7, 11) is 0. The number of anilines is 1. The second-order valence-electron chi connectivity index (χ2n) is 5.14. The Balaban J connectivity index is 1.81. The first-order chi connectivity index (χ1) is 11.6. The fourth-order valence-electron chi connectivity index (χ4n) is 2.24. The molecule has 2 aromatic heterocycles. The SMILES string of the molecule is CCOc1ccc(-n2nnc(C(=O)Nc3cc(C)on3)c2C)cc1. The molecule has 0 aliphatic carbocycles. The Labute approximate surface area is 138 Å². The zero-order chi connectivity index (χ0) is 17.1. The molecule has 124 valence electrons. The zero-order valence-corrected chi connectivity index (χ0v) is 13.6. The molecule has 1 N–H and O–H groups in total. The average molecular weight is 327 g/mol. The quantitative estimate of drug-likeness (QED) is 0.773. The lowest BCUT2D eigenvalue weighted by Crippen LogP contribution is -2.14. The van der Waals surface area contributed by atoms with E-state index in [2.05, 4.69) is 20.8 Å². The molecule has 2 heterocycles. The maximum absolute atomic E-state index is 12.3. The number of aromatic nitrogens is 4. The summed E-state index contributed by atoms with van der Waals surface area (Å²) in [5.41, 5.74) is 1.64. The lowest BCUT2D eigenvalue weighted by atomic mass is 10.2. The van der Waals surface area contributed by atoms with Gasteiger partial charge in [0.05, 0.1) is 18.0 Å². The second-order valence-corrected chi connectivity index (χ2v) is 5.14. The van der Waals surface area contributed by atoms with E-state index >= 15 is 0 Å². The predicted molar refractivity (Wildman–Crippen MR) is 86.5 cm³/mol. The van der Waals surface area contributed by atoms with Crippen molar-refractivity contribution in [2.45, 2.75) is 20.8 Å². The molecule has 8 heteroatoms. The molecule has 0 aliphatic rings. The number of rotatable bonds is 5. The summed E-state index contributed by atoms with van der Waals surface area (Å²) in [6, 6.07) is 9.03. The maximum atomic E-state index is 12.3. The van der Waals surface area contributed by atoms with E-state index in [-0.39, 0.29) is 5.69 Å². The van der Waals surface area contributed by atoms with Gasteiger partial charge < -0.3 is 14.6 Å². The second kappa shape index (κ2) is 6.53. The summed E-state index contributed by atoms with van der Waals surface area (Å²) in [6.07, 6.45) is 0. The van der Waals surface area contributed by atoms with Crippen LogP contribution in [0.25, 0.3) is 5.69 Å². The van der Waals surface area contributed by atoms with Crippen LogP contribution in [-0.2, 0) is 0 Å². The van der Waals surface area contributed by atoms with Crippen molar-refractivity contribution in [1.82, 2.24) is 20.2 Å². The lowest BCUT2D eigenvalue weighted by Gasteiger charge is -2.06. The van der Waals surface area contributed by atoms with Gasteiger partial charge in [0.25, 0.3) is 5.91 Å². The van der Waals surface area contributed by atoms with E-state index in [0.717, 1.165) is 11.4 Å². The number of nitrogens with one attached hydrogen (secondary N) is 1. The van der Waals surface area contributed by atoms with Crippen LogP contribution in [-0.4, -0.2) is 32.7 Å². The molecular formula is C16H17N5O3. The number of nitrogens with zero attached hydrogens (tertiary/aromatic N) is 4. The van der Waals surface area contributed by atoms with Gasteiger partial charge in [-0.25, -0.2) is 4.68 Å². The van der Waals surface area contributed by atoms with Crippen molar-refractivity contribution in [2.24, 2.45) is 0 Å². The Morgan fingerprint density at radius 3 is 2.67 bits per heavy atom. The molecule has 1 aromatic carbocycles. The number of carbonyl (C=O) groups is 1. The first-order valence-electron chi connectivity index (χ1n) is 7.48. The normalized spacial score (nSPS) is 10.6. The third kappa shape index (κ3) is 3.12. The minimum Gasteiger partial charge on any atom is -0.494 e. The topological polar surface area (TPSA) is 95.1 Å². The molecule has 3 aromatic rings. The van der Waals surface area contributed by atoms with E-state index in [1.807, 2.05) is 31.2 Å². The monoisotopic (exact) mass is 327 g/mol. The molecule has 0 unspecified atom stereocenters. The number of hydrogen-bond donors (Lipinski definition) is 1. The Bertz CT molecular complexity index is 851. The van der Waals surface area contributed by atoms with Crippen molar-refractivity contribution < 1.29 is 14.1 Å². The highest BCUT2D eigenvalue weighted by molar-refractivity contribution is 6.03. The van der Waals surface area contributed by atoms with Gasteiger partial charge in [-0.15, -0.1) is 5.10 Å². The van der Waals surface area contributed by atoms with Crippen LogP contribution < -0.4 is 10.1 Å². The van der Waals surface area contributed by atoms with Crippen LogP contribution in [0.2, 0.25) is 0 Å². The van der Waals surface area contributed by atoms with Crippen LogP contribution in [0.1, 0.15) is 28.9 Å². The van der Waals surface area contributed by atoms with Crippen molar-refractivity contribution in [2.75, 3.05) is 11.9 Å². The van der Waals surface area contributed by atoms with Gasteiger partial charge in [0, 0.05) is 6.07 Å². The lowest BCUT2D eigenvalue weighted by molar-refractivity contribution is 0.102. The van der Waals surface area contributed by atoms with Gasteiger partial charge in [-0.2, -0.15) is 0 Å². The largest absolute Gasteiger partial charge is 0.494 e. The molecule has 0 aliphatic heterocycles. The molecule has 0 fully saturated rings. The highest BCUT2D eigenvalue weighted by Gasteiger charge is 2.18. The summed E-state index contributed by atoms with van der Waals surface area (Å²) in [6.45, 7) is 6.06. The summed E-state index contributed by atoms with van der Waals surface area (Å²) in [5.74, 6) is 1.34. The fraction of sp³-hybridized carbons (Fsp3) is 0.250. The maximum Gasteiger partial charge on any atom is 0.279 e. The Morgan fingerprint density at radius 1 is 1.29 bits per heavy atom. The standard InChI is InChI=1S/C16H17N5O3/c1-4-23-13-7-5-12(6-8-13)21-11(3)15(18-20-21)16(22)17-14-9-10(2)24-19-14/h5-9H,4H2,1-3H3,(H,17,19,22). The molecule has 0 saturated carbocycles. The molecule has 0 radical (unpaired) electrons. The summed E-state index contributed by atoms with van der Waals surface area (Å²) < 4.78 is 11.9. The molecular weight excluding hydrogens is 310 g/mol. The van der Waals surface area contributed by atoms with E-state index in [0.29, 0.717) is 23.9 Å². The molecule has 1 amide bonds. The van der Waals surface area contributed by atoms with Crippen molar-refractivity contribution in [3.63, 3.8) is 0 Å². The third-order valence-electron chi connectivity index (χ3n) is 3.37. The van der Waals surface area contributed by atoms with Crippen LogP contribution in [0.3, 0.4) is 0 Å². The number of hydrogen-bond acceptors (Lipinski definition) is 6. The number of aryl methyl sites for hydroxylation is 1. The molecule has 0 atom stereocenters. The molecule has 0 spiro atoms. The highest BCUT2D eigenvalue weighted by Crippen LogP contribution is 2.18. The third-order valence-corrected chi connectivity index (χ3v) is 3.37. The average Bonchev–Trinajstić information content (AvgIpc) is 3.14. The van der Waals surface area contributed by atoms with E-state index in [9.17, 15) is 4.79 Å². The minimum atomic E-state index is -0.391. The van der Waals surface area contributed by atoms with E-state index in [4.69, 9.17) is 9.26 Å². The highest BCUT2D eigenvalue weighted by atomic mass is 16.5. The fourth-order valence-corrected chi connectivity index (χ4v) is 2.24. The van der Waals surface area contributed by atoms with Gasteiger partial charge in [0.15, 0.2) is 11.5 Å². The van der Waals surface area contributed by atoms with Gasteiger partial charge >= 0.3 is 0 Å². The van der Waals surface area contributed by atoms with Crippen LogP contribution >= 0.6 is 0 Å². The van der Waals surface area contributed by atoms with Crippen LogP contribution in [0.4, 0.5) is 5.82 Å². The number of carbonyl (C=O) groups excluding carboxylic acids is 1. The first-order valence-corrected chi connectivity index (χ1v) is 7.48. The molecule has 8 nitrogen and oxygen atoms in total. The van der Waals surface area contributed by atoms with Crippen LogP contribution in [0, 0.1) is 13.8 Å². The molecule has 0 bridgehead atoms. The first kappa shape index (κ1) is 15.7. The van der Waals surface area contributed by atoms with Crippen molar-refractivity contribution in [1.29, 1.82) is 0 Å². The zero-order valence-electron chi connectivity index (χ0n) is 13.6. The number of benzene rings is 1. The van der Waals surface area contributed by atoms with Gasteiger partial charge in [0.1, 0.15) is 11.5 Å². The van der Waals surface area contributed by atoms with Gasteiger partial charge in [0.2, 0.25) is 0 Å². The van der Waals surface area contributed by atoms with Gasteiger partial charge in [-0.1, -0.05) is 10.4 Å². The van der Waals surface area contributed by atoms with Crippen molar-refractivity contribution in [3.8, 4) is 11.4 Å². The molecule has 3 rings (SSSR count). The Kier molecular flexibility index (Phi) is 4.28. The van der Waals surface area contributed by atoms with E-state index in [1.165, 1.54) is 0 Å². The summed E-state index contributed by atoms with van der Waals surface area (Å²) >= 11 is 0. The van der Waals surface area contributed by atoms with E-state index in [1.54, 1.807) is 24.6 Å². The van der Waals surface area contributed by atoms with Gasteiger partial charge in [-0.05, 0) is 45.0 Å². The summed E-state index contributed by atoms with van der Waals surface area (Å²) in [4.78, 5) is 12.3. The Hall–Kier alpha value is -3.16. The number of amides is 1. The number of ether oxygens (including phenoxy) is 1. The minimum absolute atomic E-state index is 0.226. The van der Waals surface area contributed by atoms with E-state index < -0.39 is 5.91 Å². The Morgan fingerprint density at radius 2 is 2.04 bits per heavy atom. The predicted octanol–water partition coefficient (Wildman–Crippen LogP) is 2.52. The molecule has 24 heavy (non-hydrogen) atoms.